The predicted octanol–water partition coefficient (Wildman–Crippen LogP) is 2.82. The Morgan fingerprint density at radius 1 is 1.00 bits per heavy atom. The molecule has 0 spiro atoms. The molecule has 0 saturated carbocycles. The third-order valence-corrected chi connectivity index (χ3v) is 4.56. The van der Waals surface area contributed by atoms with E-state index in [1.807, 2.05) is 12.1 Å². The normalized spacial score (nSPS) is 11.5. The lowest BCUT2D eigenvalue weighted by atomic mass is 10.2. The first-order chi connectivity index (χ1) is 10.6. The number of hydrogen-bond donors (Lipinski definition) is 1. The van der Waals surface area contributed by atoms with Gasteiger partial charge in [-0.15, -0.1) is 0 Å². The van der Waals surface area contributed by atoms with E-state index in [9.17, 15) is 8.42 Å². The minimum atomic E-state index is -3.56. The van der Waals surface area contributed by atoms with Gasteiger partial charge in [-0.3, -0.25) is 4.98 Å². The molecule has 1 N–H and O–H groups in total. The average molecular weight is 314 g/mol. The third kappa shape index (κ3) is 3.24. The first kappa shape index (κ1) is 14.5. The van der Waals surface area contributed by atoms with Gasteiger partial charge in [0.15, 0.2) is 0 Å². The minimum Gasteiger partial charge on any atom is -0.464 e. The molecule has 0 fully saturated rings. The zero-order valence-corrected chi connectivity index (χ0v) is 12.5. The van der Waals surface area contributed by atoms with Crippen molar-refractivity contribution in [3.05, 3.63) is 72.8 Å². The SMILES string of the molecule is O=S(=O)(NCc1ccccn1)c1ccc(-c2ccco2)cc1. The van der Waals surface area contributed by atoms with Crippen LogP contribution in [0.3, 0.4) is 0 Å². The van der Waals surface area contributed by atoms with Crippen LogP contribution >= 0.6 is 0 Å². The molecule has 3 rings (SSSR count). The molecule has 0 aliphatic heterocycles. The average Bonchev–Trinajstić information content (AvgIpc) is 3.09. The molecule has 0 atom stereocenters. The molecule has 2 heterocycles. The first-order valence-electron chi connectivity index (χ1n) is 6.69. The zero-order chi connectivity index (χ0) is 15.4. The maximum atomic E-state index is 12.2. The van der Waals surface area contributed by atoms with Crippen molar-refractivity contribution in [1.82, 2.24) is 9.71 Å². The highest BCUT2D eigenvalue weighted by Gasteiger charge is 2.14. The Balaban J connectivity index is 1.75. The molecule has 0 saturated heterocycles. The second-order valence-corrected chi connectivity index (χ2v) is 6.41. The molecule has 6 heteroatoms. The van der Waals surface area contributed by atoms with Crippen molar-refractivity contribution in [2.45, 2.75) is 11.4 Å². The maximum Gasteiger partial charge on any atom is 0.240 e. The maximum absolute atomic E-state index is 12.2. The minimum absolute atomic E-state index is 0.156. The summed E-state index contributed by atoms with van der Waals surface area (Å²) in [6.45, 7) is 0.156. The highest BCUT2D eigenvalue weighted by atomic mass is 32.2. The molecule has 0 unspecified atom stereocenters. The van der Waals surface area contributed by atoms with Crippen LogP contribution in [-0.4, -0.2) is 13.4 Å². The first-order valence-corrected chi connectivity index (χ1v) is 8.17. The summed E-state index contributed by atoms with van der Waals surface area (Å²) >= 11 is 0. The fourth-order valence-corrected chi connectivity index (χ4v) is 3.00. The fraction of sp³-hybridized carbons (Fsp3) is 0.0625. The van der Waals surface area contributed by atoms with E-state index in [-0.39, 0.29) is 11.4 Å². The Morgan fingerprint density at radius 2 is 1.82 bits per heavy atom. The molecule has 0 radical (unpaired) electrons. The van der Waals surface area contributed by atoms with Crippen molar-refractivity contribution in [1.29, 1.82) is 0 Å². The van der Waals surface area contributed by atoms with Crippen molar-refractivity contribution in [3.8, 4) is 11.3 Å². The number of hydrogen-bond acceptors (Lipinski definition) is 4. The van der Waals surface area contributed by atoms with Gasteiger partial charge < -0.3 is 4.42 Å². The van der Waals surface area contributed by atoms with Crippen LogP contribution in [-0.2, 0) is 16.6 Å². The summed E-state index contributed by atoms with van der Waals surface area (Å²) in [5, 5.41) is 0. The highest BCUT2D eigenvalue weighted by molar-refractivity contribution is 7.89. The second kappa shape index (κ2) is 6.13. The zero-order valence-electron chi connectivity index (χ0n) is 11.6. The molecular formula is C16H14N2O3S. The van der Waals surface area contributed by atoms with Gasteiger partial charge in [-0.1, -0.05) is 6.07 Å². The van der Waals surface area contributed by atoms with Crippen molar-refractivity contribution in [2.24, 2.45) is 0 Å². The second-order valence-electron chi connectivity index (χ2n) is 4.65. The predicted molar refractivity (Wildman–Crippen MR) is 82.4 cm³/mol. The number of aromatic nitrogens is 1. The Kier molecular flexibility index (Phi) is 4.04. The molecule has 1 aromatic carbocycles. The van der Waals surface area contributed by atoms with Crippen LogP contribution < -0.4 is 4.72 Å². The van der Waals surface area contributed by atoms with Crippen molar-refractivity contribution in [3.63, 3.8) is 0 Å². The van der Waals surface area contributed by atoms with E-state index in [0.29, 0.717) is 11.5 Å². The van der Waals surface area contributed by atoms with Crippen LogP contribution in [0.25, 0.3) is 11.3 Å². The van der Waals surface area contributed by atoms with Crippen LogP contribution in [0.4, 0.5) is 0 Å². The van der Waals surface area contributed by atoms with Gasteiger partial charge in [-0.05, 0) is 48.5 Å². The summed E-state index contributed by atoms with van der Waals surface area (Å²) in [5.41, 5.74) is 1.49. The lowest BCUT2D eigenvalue weighted by molar-refractivity contribution is 0.579. The molecule has 0 bridgehead atoms. The van der Waals surface area contributed by atoms with Gasteiger partial charge in [0, 0.05) is 11.8 Å². The van der Waals surface area contributed by atoms with Gasteiger partial charge in [0.25, 0.3) is 0 Å². The number of furan rings is 1. The van der Waals surface area contributed by atoms with Crippen molar-refractivity contribution in [2.75, 3.05) is 0 Å². The van der Waals surface area contributed by atoms with E-state index < -0.39 is 10.0 Å². The Hall–Kier alpha value is -2.44. The molecule has 0 aliphatic carbocycles. The van der Waals surface area contributed by atoms with E-state index in [4.69, 9.17) is 4.42 Å². The molecular weight excluding hydrogens is 300 g/mol. The molecule has 0 amide bonds. The van der Waals surface area contributed by atoms with Gasteiger partial charge in [-0.2, -0.15) is 0 Å². The quantitative estimate of drug-likeness (QED) is 0.786. The van der Waals surface area contributed by atoms with Gasteiger partial charge in [0.05, 0.1) is 23.4 Å². The molecule has 5 nitrogen and oxygen atoms in total. The summed E-state index contributed by atoms with van der Waals surface area (Å²) < 4.78 is 32.3. The van der Waals surface area contributed by atoms with Crippen LogP contribution in [0.15, 0.2) is 76.4 Å². The third-order valence-electron chi connectivity index (χ3n) is 3.14. The van der Waals surface area contributed by atoms with Crippen LogP contribution in [0.1, 0.15) is 5.69 Å². The molecule has 22 heavy (non-hydrogen) atoms. The van der Waals surface area contributed by atoms with Crippen molar-refractivity contribution < 1.29 is 12.8 Å². The Labute approximate surface area is 128 Å². The topological polar surface area (TPSA) is 72.2 Å². The molecule has 3 aromatic rings. The van der Waals surface area contributed by atoms with Crippen LogP contribution in [0.2, 0.25) is 0 Å². The van der Waals surface area contributed by atoms with Crippen LogP contribution in [0.5, 0.6) is 0 Å². The van der Waals surface area contributed by atoms with E-state index >= 15 is 0 Å². The smallest absolute Gasteiger partial charge is 0.240 e. The lowest BCUT2D eigenvalue weighted by Crippen LogP contribution is -2.23. The summed E-state index contributed by atoms with van der Waals surface area (Å²) in [6, 6.07) is 15.5. The van der Waals surface area contributed by atoms with Crippen LogP contribution in [0, 0.1) is 0 Å². The number of nitrogens with one attached hydrogen (secondary N) is 1. The van der Waals surface area contributed by atoms with E-state index in [2.05, 4.69) is 9.71 Å². The van der Waals surface area contributed by atoms with Gasteiger partial charge >= 0.3 is 0 Å². The molecule has 0 aliphatic rings. The fourth-order valence-electron chi connectivity index (χ4n) is 2.00. The summed E-state index contributed by atoms with van der Waals surface area (Å²) in [5.74, 6) is 0.699. The van der Waals surface area contributed by atoms with Gasteiger partial charge in [0.1, 0.15) is 5.76 Å². The monoisotopic (exact) mass is 314 g/mol. The number of pyridine rings is 1. The van der Waals surface area contributed by atoms with Gasteiger partial charge in [0.2, 0.25) is 10.0 Å². The number of nitrogens with zero attached hydrogens (tertiary/aromatic N) is 1. The molecule has 2 aromatic heterocycles. The Bertz CT molecular complexity index is 827. The Morgan fingerprint density at radius 3 is 2.45 bits per heavy atom. The number of benzene rings is 1. The van der Waals surface area contributed by atoms with E-state index in [0.717, 1.165) is 5.56 Å². The van der Waals surface area contributed by atoms with E-state index in [1.165, 1.54) is 0 Å². The summed E-state index contributed by atoms with van der Waals surface area (Å²) in [7, 11) is -3.56. The summed E-state index contributed by atoms with van der Waals surface area (Å²) in [4.78, 5) is 4.29. The standard InChI is InChI=1S/C16H14N2O3S/c19-22(20,18-12-14-4-1-2-10-17-14)15-8-6-13(7-9-15)16-5-3-11-21-16/h1-11,18H,12H2. The molecule has 112 valence electrons. The largest absolute Gasteiger partial charge is 0.464 e. The number of rotatable bonds is 5. The highest BCUT2D eigenvalue weighted by Crippen LogP contribution is 2.21. The van der Waals surface area contributed by atoms with E-state index in [1.54, 1.807) is 54.9 Å². The summed E-state index contributed by atoms with van der Waals surface area (Å²) in [6.07, 6.45) is 3.20. The van der Waals surface area contributed by atoms with Crippen molar-refractivity contribution >= 4 is 10.0 Å². The lowest BCUT2D eigenvalue weighted by Gasteiger charge is -2.07. The number of sulfonamides is 1. The van der Waals surface area contributed by atoms with Gasteiger partial charge in [-0.25, -0.2) is 13.1 Å².